The van der Waals surface area contributed by atoms with Crippen LogP contribution in [0.5, 0.6) is 11.5 Å². The molecule has 0 aliphatic heterocycles. The van der Waals surface area contributed by atoms with Crippen LogP contribution >= 0.6 is 0 Å². The van der Waals surface area contributed by atoms with Crippen LogP contribution in [-0.4, -0.2) is 49.4 Å². The lowest BCUT2D eigenvalue weighted by Gasteiger charge is -2.35. The van der Waals surface area contributed by atoms with E-state index in [1.807, 2.05) is 0 Å². The van der Waals surface area contributed by atoms with Crippen LogP contribution in [0.4, 0.5) is 24.7 Å². The molecular weight excluding hydrogens is 677 g/mol. The van der Waals surface area contributed by atoms with Gasteiger partial charge in [-0.1, -0.05) is 24.6 Å². The molecule has 1 amide bonds. The Kier molecular flexibility index (Phi) is 10.5. The number of esters is 1. The van der Waals surface area contributed by atoms with Crippen molar-refractivity contribution in [1.29, 1.82) is 0 Å². The molecular formula is C35H37F3N4O7S. The molecule has 1 fully saturated rings. The predicted molar refractivity (Wildman–Crippen MR) is 180 cm³/mol. The summed E-state index contributed by atoms with van der Waals surface area (Å²) in [6, 6.07) is 16.0. The fourth-order valence-electron chi connectivity index (χ4n) is 5.50. The highest BCUT2D eigenvalue weighted by Gasteiger charge is 2.52. The third kappa shape index (κ3) is 7.57. The molecule has 1 heterocycles. The second-order valence-corrected chi connectivity index (χ2v) is 14.2. The van der Waals surface area contributed by atoms with Gasteiger partial charge in [0.25, 0.3) is 11.6 Å². The van der Waals surface area contributed by atoms with Crippen molar-refractivity contribution >= 4 is 44.0 Å². The Balaban J connectivity index is 1.65. The molecule has 1 saturated carbocycles. The summed E-state index contributed by atoms with van der Waals surface area (Å²) in [5.74, 6) is -3.41. The van der Waals surface area contributed by atoms with Gasteiger partial charge in [-0.3, -0.25) is 4.79 Å². The van der Waals surface area contributed by atoms with Crippen molar-refractivity contribution < 1.29 is 45.4 Å². The number of sulfone groups is 1. The summed E-state index contributed by atoms with van der Waals surface area (Å²) in [5.41, 5.74) is 3.12. The number of carbonyl (C=O) groups excluding carboxylic acids is 2. The van der Waals surface area contributed by atoms with Crippen LogP contribution in [0.25, 0.3) is 10.8 Å². The van der Waals surface area contributed by atoms with Gasteiger partial charge in [0.05, 0.1) is 22.9 Å². The van der Waals surface area contributed by atoms with E-state index in [-0.39, 0.29) is 51.7 Å². The number of hydrogen-bond donors (Lipinski definition) is 3. The number of nitrogens with one attached hydrogen (secondary N) is 2. The summed E-state index contributed by atoms with van der Waals surface area (Å²) in [7, 11) is -3.75. The zero-order valence-electron chi connectivity index (χ0n) is 27.5. The van der Waals surface area contributed by atoms with E-state index in [1.165, 1.54) is 48.7 Å². The summed E-state index contributed by atoms with van der Waals surface area (Å²) in [6.45, 7) is 4.90. The number of ether oxygens (including phenoxy) is 3. The zero-order valence-corrected chi connectivity index (χ0v) is 28.4. The van der Waals surface area contributed by atoms with Crippen molar-refractivity contribution in [3.8, 4) is 11.5 Å². The number of aromatic nitrogens is 1. The molecule has 0 bridgehead atoms. The maximum absolute atomic E-state index is 14.4. The number of benzene rings is 3. The Morgan fingerprint density at radius 1 is 1.02 bits per heavy atom. The first-order valence-electron chi connectivity index (χ1n) is 15.9. The van der Waals surface area contributed by atoms with E-state index in [0.717, 1.165) is 6.42 Å². The minimum Gasteiger partial charge on any atom is -0.490 e. The SMILES string of the molecule is CCOc1cc([C@](Nc2ccc3c(N)nccc3c2)(OC(=O)C(F)(F)F)C(=O)NCc2ccccc2S(=O)(=O)C2CCC2)ccc1OC(C)C. The Hall–Kier alpha value is -5.05. The van der Waals surface area contributed by atoms with Crippen LogP contribution < -0.4 is 25.8 Å². The number of rotatable bonds is 13. The van der Waals surface area contributed by atoms with Gasteiger partial charge >= 0.3 is 12.1 Å². The molecule has 1 aromatic heterocycles. The van der Waals surface area contributed by atoms with Crippen LogP contribution in [0, 0.1) is 0 Å². The van der Waals surface area contributed by atoms with Gasteiger partial charge in [-0.2, -0.15) is 13.2 Å². The minimum atomic E-state index is -5.51. The fourth-order valence-corrected chi connectivity index (χ4v) is 7.59. The molecule has 1 aliphatic carbocycles. The highest BCUT2D eigenvalue weighted by Crippen LogP contribution is 2.39. The van der Waals surface area contributed by atoms with E-state index in [2.05, 4.69) is 15.6 Å². The first kappa shape index (κ1) is 36.2. The third-order valence-corrected chi connectivity index (χ3v) is 10.5. The average Bonchev–Trinajstić information content (AvgIpc) is 3.02. The third-order valence-electron chi connectivity index (χ3n) is 8.13. The van der Waals surface area contributed by atoms with E-state index in [1.54, 1.807) is 45.0 Å². The van der Waals surface area contributed by atoms with Gasteiger partial charge in [-0.15, -0.1) is 0 Å². The largest absolute Gasteiger partial charge is 0.491 e. The number of nitrogens with two attached hydrogens (primary N) is 1. The van der Waals surface area contributed by atoms with E-state index in [0.29, 0.717) is 23.6 Å². The quantitative estimate of drug-likeness (QED) is 0.111. The molecule has 266 valence electrons. The van der Waals surface area contributed by atoms with Crippen molar-refractivity contribution in [1.82, 2.24) is 10.3 Å². The molecule has 50 heavy (non-hydrogen) atoms. The lowest BCUT2D eigenvalue weighted by Crippen LogP contribution is -2.54. The molecule has 11 nitrogen and oxygen atoms in total. The van der Waals surface area contributed by atoms with E-state index >= 15 is 0 Å². The van der Waals surface area contributed by atoms with Crippen LogP contribution in [0.1, 0.15) is 51.2 Å². The first-order chi connectivity index (χ1) is 23.7. The highest BCUT2D eigenvalue weighted by molar-refractivity contribution is 7.92. The standard InChI is InChI=1S/C35H37F3N4O7S/c1-4-47-29-19-24(12-15-28(29)48-21(2)3)34(49-33(44)35(36,37)38,42-25-13-14-27-22(18-25)16-17-40-31(27)39)32(43)41-20-23-8-5-6-11-30(23)50(45,46)26-9-7-10-26/h5-6,8,11-19,21,26,42H,4,7,9-10,20H2,1-3H3,(H2,39,40)(H,41,43)/t34-/m0/s1. The summed E-state index contributed by atoms with van der Waals surface area (Å²) in [5, 5.41) is 5.74. The molecule has 3 aromatic carbocycles. The van der Waals surface area contributed by atoms with Crippen molar-refractivity contribution in [3.05, 3.63) is 84.1 Å². The van der Waals surface area contributed by atoms with E-state index in [9.17, 15) is 31.2 Å². The number of anilines is 2. The van der Waals surface area contributed by atoms with Gasteiger partial charge in [0, 0.05) is 29.4 Å². The maximum Gasteiger partial charge on any atom is 0.491 e. The van der Waals surface area contributed by atoms with Crippen LogP contribution in [0.2, 0.25) is 0 Å². The van der Waals surface area contributed by atoms with E-state index in [4.69, 9.17) is 19.9 Å². The number of halogens is 3. The van der Waals surface area contributed by atoms with Gasteiger partial charge in [0.15, 0.2) is 21.3 Å². The number of pyridine rings is 1. The number of hydrogen-bond acceptors (Lipinski definition) is 10. The molecule has 0 saturated heterocycles. The minimum absolute atomic E-state index is 0.00890. The van der Waals surface area contributed by atoms with Crippen LogP contribution in [0.15, 0.2) is 77.8 Å². The molecule has 15 heteroatoms. The summed E-state index contributed by atoms with van der Waals surface area (Å²) in [6.07, 6.45) is -2.63. The molecule has 4 aromatic rings. The zero-order chi connectivity index (χ0) is 36.3. The van der Waals surface area contributed by atoms with Crippen molar-refractivity contribution in [2.45, 2.75) is 74.7 Å². The van der Waals surface area contributed by atoms with Crippen molar-refractivity contribution in [2.24, 2.45) is 0 Å². The van der Waals surface area contributed by atoms with Gasteiger partial charge in [0.2, 0.25) is 0 Å². The van der Waals surface area contributed by atoms with Gasteiger partial charge in [-0.05, 0) is 93.1 Å². The lowest BCUT2D eigenvalue weighted by molar-refractivity contribution is -0.213. The lowest BCUT2D eigenvalue weighted by atomic mass is 9.99. The number of nitrogens with zero attached hydrogens (tertiary/aromatic N) is 1. The first-order valence-corrected chi connectivity index (χ1v) is 17.5. The normalized spacial score (nSPS) is 14.8. The average molecular weight is 715 g/mol. The number of amides is 1. The number of alkyl halides is 3. The van der Waals surface area contributed by atoms with Gasteiger partial charge < -0.3 is 30.6 Å². The number of nitrogen functional groups attached to an aromatic ring is 1. The topological polar surface area (TPSA) is 159 Å². The Morgan fingerprint density at radius 2 is 1.76 bits per heavy atom. The molecule has 0 spiro atoms. The molecule has 4 N–H and O–H groups in total. The smallest absolute Gasteiger partial charge is 0.490 e. The summed E-state index contributed by atoms with van der Waals surface area (Å²) < 4.78 is 85.3. The molecule has 0 unspecified atom stereocenters. The number of carbonyl (C=O) groups is 2. The molecule has 1 atom stereocenters. The van der Waals surface area contributed by atoms with E-state index < -0.39 is 45.4 Å². The molecule has 5 rings (SSSR count). The second kappa shape index (κ2) is 14.4. The fraction of sp³-hybridized carbons (Fsp3) is 0.343. The van der Waals surface area contributed by atoms with Gasteiger partial charge in [0.1, 0.15) is 5.82 Å². The van der Waals surface area contributed by atoms with Gasteiger partial charge in [-0.25, -0.2) is 18.2 Å². The molecule has 1 aliphatic rings. The molecule has 0 radical (unpaired) electrons. The summed E-state index contributed by atoms with van der Waals surface area (Å²) in [4.78, 5) is 31.2. The Morgan fingerprint density at radius 3 is 2.42 bits per heavy atom. The van der Waals surface area contributed by atoms with Crippen LogP contribution in [-0.2, 0) is 36.4 Å². The van der Waals surface area contributed by atoms with Crippen molar-refractivity contribution in [3.63, 3.8) is 0 Å². The Bertz CT molecular complexity index is 2000. The predicted octanol–water partition coefficient (Wildman–Crippen LogP) is 6.02. The highest BCUT2D eigenvalue weighted by atomic mass is 32.2. The monoisotopic (exact) mass is 714 g/mol. The van der Waals surface area contributed by atoms with Crippen LogP contribution in [0.3, 0.4) is 0 Å². The summed E-state index contributed by atoms with van der Waals surface area (Å²) >= 11 is 0. The second-order valence-electron chi connectivity index (χ2n) is 12.0. The van der Waals surface area contributed by atoms with Crippen molar-refractivity contribution in [2.75, 3.05) is 17.7 Å². The maximum atomic E-state index is 14.4. The Labute approximate surface area is 287 Å². The number of fused-ring (bicyclic) bond motifs is 1.